The summed E-state index contributed by atoms with van der Waals surface area (Å²) >= 11 is 0. The largest absolute Gasteiger partial charge is 0.347 e. The summed E-state index contributed by atoms with van der Waals surface area (Å²) in [6.07, 6.45) is 7.80. The van der Waals surface area contributed by atoms with Gasteiger partial charge in [-0.3, -0.25) is 14.6 Å². The second-order valence-electron chi connectivity index (χ2n) is 8.62. The molecule has 0 bridgehead atoms. The van der Waals surface area contributed by atoms with Crippen molar-refractivity contribution in [3.05, 3.63) is 88.6 Å². The molecule has 1 atom stereocenters. The molecule has 4 rings (SSSR count). The summed E-state index contributed by atoms with van der Waals surface area (Å²) in [4.78, 5) is 32.1. The molecule has 0 spiro atoms. The molecule has 1 aromatic carbocycles. The Morgan fingerprint density at radius 3 is 2.53 bits per heavy atom. The maximum Gasteiger partial charge on any atom is 0.248 e. The Balaban J connectivity index is 1.58. The van der Waals surface area contributed by atoms with Crippen LogP contribution in [-0.4, -0.2) is 22.4 Å². The van der Waals surface area contributed by atoms with Gasteiger partial charge >= 0.3 is 0 Å². The normalized spacial score (nSPS) is 19.3. The summed E-state index contributed by atoms with van der Waals surface area (Å²) < 4.78 is 0. The molecule has 1 unspecified atom stereocenters. The number of nitrogens with zero attached hydrogens (tertiary/aromatic N) is 1. The highest BCUT2D eigenvalue weighted by atomic mass is 16.2. The lowest BCUT2D eigenvalue weighted by Gasteiger charge is -2.28. The van der Waals surface area contributed by atoms with Crippen LogP contribution in [0.2, 0.25) is 0 Å². The van der Waals surface area contributed by atoms with Crippen molar-refractivity contribution in [2.24, 2.45) is 17.6 Å². The summed E-state index contributed by atoms with van der Waals surface area (Å²) in [7, 11) is 0. The molecule has 2 aromatic heterocycles. The highest BCUT2D eigenvalue weighted by Gasteiger charge is 2.28. The van der Waals surface area contributed by atoms with Gasteiger partial charge < -0.3 is 16.0 Å². The number of H-pyrrole nitrogens is 1. The van der Waals surface area contributed by atoms with E-state index in [1.807, 2.05) is 36.4 Å². The average Bonchev–Trinajstić information content (AvgIpc) is 2.84. The predicted octanol–water partition coefficient (Wildman–Crippen LogP) is 3.60. The van der Waals surface area contributed by atoms with E-state index in [9.17, 15) is 9.59 Å². The fourth-order valence-electron chi connectivity index (χ4n) is 4.47. The Morgan fingerprint density at radius 2 is 1.81 bits per heavy atom. The molecule has 6 nitrogen and oxygen atoms in total. The number of rotatable bonds is 7. The van der Waals surface area contributed by atoms with Gasteiger partial charge in [0, 0.05) is 24.4 Å². The Kier molecular flexibility index (Phi) is 7.12. The molecule has 6 heteroatoms. The molecule has 1 aliphatic carbocycles. The molecule has 1 amide bonds. The van der Waals surface area contributed by atoms with Crippen LogP contribution in [0.15, 0.2) is 71.8 Å². The van der Waals surface area contributed by atoms with Crippen LogP contribution in [0.4, 0.5) is 0 Å². The molecule has 0 saturated heterocycles. The summed E-state index contributed by atoms with van der Waals surface area (Å²) in [6, 6.07) is 17.1. The van der Waals surface area contributed by atoms with E-state index >= 15 is 0 Å². The summed E-state index contributed by atoms with van der Waals surface area (Å²) in [5, 5.41) is 3.27. The summed E-state index contributed by atoms with van der Waals surface area (Å²) in [5.41, 5.74) is 9.30. The van der Waals surface area contributed by atoms with Crippen LogP contribution < -0.4 is 16.6 Å². The number of carbonyl (C=O) groups excluding carboxylic acids is 1. The number of hydrogen-bond donors (Lipinski definition) is 3. The van der Waals surface area contributed by atoms with Crippen molar-refractivity contribution < 1.29 is 4.79 Å². The average molecular weight is 431 g/mol. The van der Waals surface area contributed by atoms with Crippen molar-refractivity contribution >= 4 is 5.91 Å². The quantitative estimate of drug-likeness (QED) is 0.533. The first-order chi connectivity index (χ1) is 15.6. The third kappa shape index (κ3) is 5.51. The Bertz CT molecular complexity index is 1090. The first-order valence-electron chi connectivity index (χ1n) is 11.3. The Labute approximate surface area is 188 Å². The van der Waals surface area contributed by atoms with E-state index in [2.05, 4.69) is 27.4 Å². The number of benzene rings is 1. The smallest absolute Gasteiger partial charge is 0.248 e. The standard InChI is InChI=1S/C26H30N4O2/c27-17-19-6-8-20(9-7-19)26(32)30-24(14-18-4-2-1-3-5-18)23-15-21(10-12-28-23)22-11-13-29-25(31)16-22/h1-5,10-13,15-16,19-20,24H,6-9,14,17,27H2,(H,29,31)(H,30,32). The molecular formula is C26H30N4O2. The summed E-state index contributed by atoms with van der Waals surface area (Å²) in [5.74, 6) is 0.642. The minimum absolute atomic E-state index is 0.0203. The van der Waals surface area contributed by atoms with Crippen LogP contribution in [0.25, 0.3) is 11.1 Å². The second kappa shape index (κ2) is 10.4. The Hall–Kier alpha value is -3.25. The van der Waals surface area contributed by atoms with E-state index < -0.39 is 0 Å². The number of carbonyl (C=O) groups is 1. The SMILES string of the molecule is NCC1CCC(C(=O)NC(Cc2ccccc2)c2cc(-c3cc[nH]c(=O)c3)ccn2)CC1. The molecule has 4 N–H and O–H groups in total. The zero-order chi connectivity index (χ0) is 22.3. The van der Waals surface area contributed by atoms with Gasteiger partial charge in [0.2, 0.25) is 11.5 Å². The number of pyridine rings is 2. The van der Waals surface area contributed by atoms with E-state index in [4.69, 9.17) is 5.73 Å². The van der Waals surface area contributed by atoms with E-state index in [0.717, 1.165) is 48.1 Å². The monoisotopic (exact) mass is 430 g/mol. The molecule has 0 aliphatic heterocycles. The molecular weight excluding hydrogens is 400 g/mol. The van der Waals surface area contributed by atoms with Gasteiger partial charge in [-0.1, -0.05) is 30.3 Å². The van der Waals surface area contributed by atoms with Crippen LogP contribution in [0.5, 0.6) is 0 Å². The van der Waals surface area contributed by atoms with Crippen molar-refractivity contribution in [1.29, 1.82) is 0 Å². The molecule has 1 saturated carbocycles. The van der Waals surface area contributed by atoms with Gasteiger partial charge in [0.25, 0.3) is 0 Å². The molecule has 166 valence electrons. The number of aromatic amines is 1. The topological polar surface area (TPSA) is 101 Å². The number of hydrogen-bond acceptors (Lipinski definition) is 4. The maximum atomic E-state index is 13.2. The van der Waals surface area contributed by atoms with Crippen molar-refractivity contribution in [2.45, 2.75) is 38.1 Å². The first-order valence-corrected chi connectivity index (χ1v) is 11.3. The van der Waals surface area contributed by atoms with Gasteiger partial charge in [0.1, 0.15) is 0 Å². The first kappa shape index (κ1) is 22.0. The van der Waals surface area contributed by atoms with Crippen LogP contribution in [0.1, 0.15) is 43.0 Å². The van der Waals surface area contributed by atoms with Crippen LogP contribution >= 0.6 is 0 Å². The van der Waals surface area contributed by atoms with Crippen molar-refractivity contribution in [3.8, 4) is 11.1 Å². The second-order valence-corrected chi connectivity index (χ2v) is 8.62. The Morgan fingerprint density at radius 1 is 1.06 bits per heavy atom. The summed E-state index contributed by atoms with van der Waals surface area (Å²) in [6.45, 7) is 0.698. The van der Waals surface area contributed by atoms with Gasteiger partial charge in [-0.2, -0.15) is 0 Å². The lowest BCUT2D eigenvalue weighted by Crippen LogP contribution is -2.37. The molecule has 2 heterocycles. The third-order valence-electron chi connectivity index (χ3n) is 6.40. The number of aromatic nitrogens is 2. The van der Waals surface area contributed by atoms with Gasteiger partial charge in [0.05, 0.1) is 11.7 Å². The van der Waals surface area contributed by atoms with Crippen molar-refractivity contribution in [3.63, 3.8) is 0 Å². The third-order valence-corrected chi connectivity index (χ3v) is 6.40. The molecule has 3 aromatic rings. The van der Waals surface area contributed by atoms with Crippen LogP contribution in [0, 0.1) is 11.8 Å². The fourth-order valence-corrected chi connectivity index (χ4v) is 4.47. The molecule has 0 radical (unpaired) electrons. The predicted molar refractivity (Wildman–Crippen MR) is 126 cm³/mol. The van der Waals surface area contributed by atoms with Gasteiger partial charge in [-0.25, -0.2) is 0 Å². The van der Waals surface area contributed by atoms with E-state index in [-0.39, 0.29) is 23.4 Å². The maximum absolute atomic E-state index is 13.2. The minimum Gasteiger partial charge on any atom is -0.347 e. The molecule has 1 aliphatic rings. The van der Waals surface area contributed by atoms with E-state index in [1.165, 1.54) is 0 Å². The van der Waals surface area contributed by atoms with Crippen LogP contribution in [-0.2, 0) is 11.2 Å². The number of amides is 1. The van der Waals surface area contributed by atoms with E-state index in [0.29, 0.717) is 18.9 Å². The highest BCUT2D eigenvalue weighted by molar-refractivity contribution is 5.79. The van der Waals surface area contributed by atoms with Crippen molar-refractivity contribution in [1.82, 2.24) is 15.3 Å². The van der Waals surface area contributed by atoms with E-state index in [1.54, 1.807) is 18.5 Å². The zero-order valence-electron chi connectivity index (χ0n) is 18.2. The van der Waals surface area contributed by atoms with Crippen molar-refractivity contribution in [2.75, 3.05) is 6.54 Å². The van der Waals surface area contributed by atoms with Gasteiger partial charge in [-0.05, 0) is 79.5 Å². The highest BCUT2D eigenvalue weighted by Crippen LogP contribution is 2.29. The lowest BCUT2D eigenvalue weighted by molar-refractivity contribution is -0.127. The molecule has 32 heavy (non-hydrogen) atoms. The molecule has 1 fully saturated rings. The minimum atomic E-state index is -0.251. The zero-order valence-corrected chi connectivity index (χ0v) is 18.2. The number of nitrogens with two attached hydrogens (primary N) is 1. The van der Waals surface area contributed by atoms with Gasteiger partial charge in [-0.15, -0.1) is 0 Å². The number of nitrogens with one attached hydrogen (secondary N) is 2. The fraction of sp³-hybridized carbons (Fsp3) is 0.346. The lowest BCUT2D eigenvalue weighted by atomic mass is 9.81. The van der Waals surface area contributed by atoms with Gasteiger partial charge in [0.15, 0.2) is 0 Å². The van der Waals surface area contributed by atoms with Crippen LogP contribution in [0.3, 0.4) is 0 Å².